The number of carbonyl (C=O) groups excluding carboxylic acids is 1. The molecule has 1 aromatic rings. The summed E-state index contributed by atoms with van der Waals surface area (Å²) in [5, 5.41) is 10.5. The lowest BCUT2D eigenvalue weighted by molar-refractivity contribution is -0.0586. The van der Waals surface area contributed by atoms with E-state index in [0.29, 0.717) is 19.0 Å². The van der Waals surface area contributed by atoms with E-state index in [1.54, 1.807) is 6.20 Å². The van der Waals surface area contributed by atoms with Gasteiger partial charge in [-0.3, -0.25) is 9.89 Å². The van der Waals surface area contributed by atoms with E-state index in [0.717, 1.165) is 37.2 Å². The summed E-state index contributed by atoms with van der Waals surface area (Å²) in [6.45, 7) is 7.34. The van der Waals surface area contributed by atoms with Crippen LogP contribution in [0.25, 0.3) is 0 Å². The second-order valence-corrected chi connectivity index (χ2v) is 6.19. The number of hydrogen-bond acceptors (Lipinski definition) is 4. The summed E-state index contributed by atoms with van der Waals surface area (Å²) in [5.41, 5.74) is 1.75. The van der Waals surface area contributed by atoms with Crippen molar-refractivity contribution < 1.29 is 9.53 Å². The molecular formula is C15H24N4O2. The zero-order chi connectivity index (χ0) is 14.8. The standard InChI is InChI=1S/C15H24N4O2/c1-10-8-19(9-11(2)21-10)15(20)13-7-17-18-14(13)12-3-5-16-6-4-12/h7,10-12,16H,3-6,8-9H2,1-2H3,(H,17,18)/t10-,11+. The van der Waals surface area contributed by atoms with E-state index in [9.17, 15) is 4.79 Å². The molecule has 3 rings (SSSR count). The second kappa shape index (κ2) is 6.15. The van der Waals surface area contributed by atoms with Crippen LogP contribution in [0.3, 0.4) is 0 Å². The first-order chi connectivity index (χ1) is 10.1. The average molecular weight is 292 g/mol. The molecule has 0 unspecified atom stereocenters. The van der Waals surface area contributed by atoms with Crippen molar-refractivity contribution in [2.75, 3.05) is 26.2 Å². The Morgan fingerprint density at radius 1 is 1.29 bits per heavy atom. The van der Waals surface area contributed by atoms with Crippen LogP contribution in [-0.2, 0) is 4.74 Å². The fourth-order valence-electron chi connectivity index (χ4n) is 3.40. The van der Waals surface area contributed by atoms with Gasteiger partial charge in [-0.2, -0.15) is 5.10 Å². The molecule has 1 aromatic heterocycles. The monoisotopic (exact) mass is 292 g/mol. The van der Waals surface area contributed by atoms with Crippen LogP contribution in [0.4, 0.5) is 0 Å². The van der Waals surface area contributed by atoms with Crippen LogP contribution < -0.4 is 5.32 Å². The summed E-state index contributed by atoms with van der Waals surface area (Å²) in [4.78, 5) is 14.7. The summed E-state index contributed by atoms with van der Waals surface area (Å²) < 4.78 is 5.70. The SMILES string of the molecule is C[C@@H]1CN(C(=O)c2cn[nH]c2C2CCNCC2)C[C@H](C)O1. The van der Waals surface area contributed by atoms with Gasteiger partial charge in [-0.15, -0.1) is 0 Å². The second-order valence-electron chi connectivity index (χ2n) is 6.19. The Morgan fingerprint density at radius 3 is 2.62 bits per heavy atom. The molecule has 116 valence electrons. The van der Waals surface area contributed by atoms with E-state index in [-0.39, 0.29) is 18.1 Å². The number of nitrogens with one attached hydrogen (secondary N) is 2. The highest BCUT2D eigenvalue weighted by Crippen LogP contribution is 2.27. The third-order valence-corrected chi connectivity index (χ3v) is 4.35. The van der Waals surface area contributed by atoms with E-state index < -0.39 is 0 Å². The van der Waals surface area contributed by atoms with Gasteiger partial charge in [0.25, 0.3) is 5.91 Å². The summed E-state index contributed by atoms with van der Waals surface area (Å²) in [7, 11) is 0. The first kappa shape index (κ1) is 14.5. The number of ether oxygens (including phenoxy) is 1. The van der Waals surface area contributed by atoms with Crippen molar-refractivity contribution in [3.05, 3.63) is 17.5 Å². The first-order valence-corrected chi connectivity index (χ1v) is 7.84. The minimum absolute atomic E-state index is 0.0827. The van der Waals surface area contributed by atoms with Crippen molar-refractivity contribution in [2.45, 2.75) is 44.8 Å². The molecular weight excluding hydrogens is 268 g/mol. The molecule has 2 aliphatic heterocycles. The number of rotatable bonds is 2. The van der Waals surface area contributed by atoms with Gasteiger partial charge in [-0.1, -0.05) is 0 Å². The number of H-pyrrole nitrogens is 1. The molecule has 6 nitrogen and oxygen atoms in total. The summed E-state index contributed by atoms with van der Waals surface area (Å²) in [6.07, 6.45) is 3.97. The van der Waals surface area contributed by atoms with E-state index in [1.165, 1.54) is 0 Å². The molecule has 1 amide bonds. The molecule has 6 heteroatoms. The van der Waals surface area contributed by atoms with Crippen molar-refractivity contribution in [3.63, 3.8) is 0 Å². The number of amides is 1. The zero-order valence-corrected chi connectivity index (χ0v) is 12.8. The highest BCUT2D eigenvalue weighted by molar-refractivity contribution is 5.95. The van der Waals surface area contributed by atoms with Crippen molar-refractivity contribution >= 4 is 5.91 Å². The van der Waals surface area contributed by atoms with Gasteiger partial charge in [0.1, 0.15) is 0 Å². The minimum Gasteiger partial charge on any atom is -0.372 e. The van der Waals surface area contributed by atoms with Gasteiger partial charge in [-0.05, 0) is 39.8 Å². The van der Waals surface area contributed by atoms with Crippen LogP contribution in [-0.4, -0.2) is 59.4 Å². The number of morpholine rings is 1. The third kappa shape index (κ3) is 3.11. The molecule has 0 saturated carbocycles. The van der Waals surface area contributed by atoms with Gasteiger partial charge < -0.3 is 15.0 Å². The van der Waals surface area contributed by atoms with Crippen molar-refractivity contribution in [3.8, 4) is 0 Å². The average Bonchev–Trinajstić information content (AvgIpc) is 2.95. The molecule has 0 radical (unpaired) electrons. The predicted molar refractivity (Wildman–Crippen MR) is 79.3 cm³/mol. The molecule has 3 heterocycles. The maximum atomic E-state index is 12.8. The molecule has 0 bridgehead atoms. The zero-order valence-electron chi connectivity index (χ0n) is 12.8. The van der Waals surface area contributed by atoms with Gasteiger partial charge in [-0.25, -0.2) is 0 Å². The molecule has 2 saturated heterocycles. The van der Waals surface area contributed by atoms with E-state index in [1.807, 2.05) is 18.7 Å². The van der Waals surface area contributed by atoms with Crippen LogP contribution in [0.5, 0.6) is 0 Å². The van der Waals surface area contributed by atoms with E-state index >= 15 is 0 Å². The van der Waals surface area contributed by atoms with Crippen LogP contribution in [0.1, 0.15) is 48.7 Å². The topological polar surface area (TPSA) is 70.2 Å². The summed E-state index contributed by atoms with van der Waals surface area (Å²) >= 11 is 0. The number of piperidine rings is 1. The maximum absolute atomic E-state index is 12.8. The van der Waals surface area contributed by atoms with Gasteiger partial charge in [0.15, 0.2) is 0 Å². The van der Waals surface area contributed by atoms with Gasteiger partial charge in [0, 0.05) is 19.0 Å². The Bertz CT molecular complexity index is 486. The lowest BCUT2D eigenvalue weighted by Crippen LogP contribution is -2.48. The molecule has 0 aromatic carbocycles. The van der Waals surface area contributed by atoms with Crippen LogP contribution in [0, 0.1) is 0 Å². The van der Waals surface area contributed by atoms with E-state index in [4.69, 9.17) is 4.74 Å². The first-order valence-electron chi connectivity index (χ1n) is 7.84. The quantitative estimate of drug-likeness (QED) is 0.857. The van der Waals surface area contributed by atoms with Crippen molar-refractivity contribution in [2.24, 2.45) is 0 Å². The molecule has 0 aliphatic carbocycles. The van der Waals surface area contributed by atoms with Gasteiger partial charge >= 0.3 is 0 Å². The van der Waals surface area contributed by atoms with Gasteiger partial charge in [0.05, 0.1) is 29.7 Å². The molecule has 2 N–H and O–H groups in total. The fraction of sp³-hybridized carbons (Fsp3) is 0.733. The molecule has 2 fully saturated rings. The Morgan fingerprint density at radius 2 is 1.95 bits per heavy atom. The number of nitrogens with zero attached hydrogens (tertiary/aromatic N) is 2. The number of aromatic nitrogens is 2. The smallest absolute Gasteiger partial charge is 0.257 e. The number of hydrogen-bond donors (Lipinski definition) is 2. The molecule has 2 atom stereocenters. The lowest BCUT2D eigenvalue weighted by Gasteiger charge is -2.35. The molecule has 2 aliphatic rings. The maximum Gasteiger partial charge on any atom is 0.257 e. The highest BCUT2D eigenvalue weighted by Gasteiger charge is 2.30. The predicted octanol–water partition coefficient (Wildman–Crippen LogP) is 1.13. The normalized spacial score (nSPS) is 27.8. The summed E-state index contributed by atoms with van der Waals surface area (Å²) in [6, 6.07) is 0. The third-order valence-electron chi connectivity index (χ3n) is 4.35. The van der Waals surface area contributed by atoms with Gasteiger partial charge in [0.2, 0.25) is 0 Å². The molecule has 0 spiro atoms. The Hall–Kier alpha value is -1.40. The van der Waals surface area contributed by atoms with Crippen LogP contribution in [0.15, 0.2) is 6.20 Å². The Balaban J connectivity index is 1.77. The number of aromatic amines is 1. The molecule has 21 heavy (non-hydrogen) atoms. The highest BCUT2D eigenvalue weighted by atomic mass is 16.5. The Labute approximate surface area is 125 Å². The van der Waals surface area contributed by atoms with E-state index in [2.05, 4.69) is 15.5 Å². The lowest BCUT2D eigenvalue weighted by atomic mass is 9.92. The summed E-state index contributed by atoms with van der Waals surface area (Å²) in [5.74, 6) is 0.489. The largest absolute Gasteiger partial charge is 0.372 e. The fourth-order valence-corrected chi connectivity index (χ4v) is 3.40. The van der Waals surface area contributed by atoms with Crippen LogP contribution in [0.2, 0.25) is 0 Å². The minimum atomic E-state index is 0.0827. The number of carbonyl (C=O) groups is 1. The van der Waals surface area contributed by atoms with Crippen molar-refractivity contribution in [1.82, 2.24) is 20.4 Å². The Kier molecular flexibility index (Phi) is 4.26. The van der Waals surface area contributed by atoms with Crippen molar-refractivity contribution in [1.29, 1.82) is 0 Å². The van der Waals surface area contributed by atoms with Crippen LogP contribution >= 0.6 is 0 Å².